The summed E-state index contributed by atoms with van der Waals surface area (Å²) in [6, 6.07) is 19.5. The average Bonchev–Trinajstić information content (AvgIpc) is 2.46. The maximum absolute atomic E-state index is 3.72. The number of hydrogen-bond donors (Lipinski definition) is 1. The van der Waals surface area contributed by atoms with Crippen molar-refractivity contribution >= 4 is 0 Å². The van der Waals surface area contributed by atoms with Gasteiger partial charge in [-0.15, -0.1) is 6.58 Å². The molecule has 1 heteroatoms. The molecule has 2 aromatic carbocycles. The maximum atomic E-state index is 3.72. The summed E-state index contributed by atoms with van der Waals surface area (Å²) in [5.41, 5.74) is 3.82. The molecule has 1 N–H and O–H groups in total. The summed E-state index contributed by atoms with van der Waals surface area (Å²) in [5, 5.41) is 3.39. The minimum Gasteiger partial charge on any atom is -0.307 e. The van der Waals surface area contributed by atoms with Gasteiger partial charge in [-0.3, -0.25) is 0 Å². The van der Waals surface area contributed by atoms with Crippen LogP contribution in [0.15, 0.2) is 67.3 Å². The summed E-state index contributed by atoms with van der Waals surface area (Å²) in [6.07, 6.45) is 1.88. The summed E-state index contributed by atoms with van der Waals surface area (Å²) >= 11 is 0. The van der Waals surface area contributed by atoms with Crippen LogP contribution in [0.1, 0.15) is 18.5 Å². The van der Waals surface area contributed by atoms with Gasteiger partial charge in [0, 0.05) is 12.6 Å². The zero-order chi connectivity index (χ0) is 12.8. The van der Waals surface area contributed by atoms with Crippen molar-refractivity contribution in [2.24, 2.45) is 0 Å². The van der Waals surface area contributed by atoms with Gasteiger partial charge < -0.3 is 5.32 Å². The molecule has 0 spiro atoms. The van der Waals surface area contributed by atoms with Crippen LogP contribution in [0, 0.1) is 0 Å². The van der Waals surface area contributed by atoms with E-state index in [0.29, 0.717) is 6.04 Å². The minimum atomic E-state index is 0.354. The summed E-state index contributed by atoms with van der Waals surface area (Å²) in [7, 11) is 0. The maximum Gasteiger partial charge on any atom is 0.0294 e. The molecule has 18 heavy (non-hydrogen) atoms. The highest BCUT2D eigenvalue weighted by Crippen LogP contribution is 2.21. The lowest BCUT2D eigenvalue weighted by Gasteiger charge is -2.13. The number of nitrogens with one attached hydrogen (secondary N) is 1. The quantitative estimate of drug-likeness (QED) is 0.769. The molecular weight excluding hydrogens is 218 g/mol. The van der Waals surface area contributed by atoms with Crippen LogP contribution in [0.3, 0.4) is 0 Å². The molecule has 0 aliphatic heterocycles. The molecule has 0 saturated carbocycles. The number of hydrogen-bond acceptors (Lipinski definition) is 1. The van der Waals surface area contributed by atoms with Crippen LogP contribution in [0.2, 0.25) is 0 Å². The Balaban J connectivity index is 2.13. The highest BCUT2D eigenvalue weighted by atomic mass is 14.9. The van der Waals surface area contributed by atoms with Crippen molar-refractivity contribution in [3.63, 3.8) is 0 Å². The molecule has 0 saturated heterocycles. The third-order valence-electron chi connectivity index (χ3n) is 3.09. The van der Waals surface area contributed by atoms with E-state index in [1.807, 2.05) is 12.1 Å². The van der Waals surface area contributed by atoms with Crippen LogP contribution in [0.4, 0.5) is 0 Å². The van der Waals surface area contributed by atoms with E-state index >= 15 is 0 Å². The molecule has 1 unspecified atom stereocenters. The van der Waals surface area contributed by atoms with Crippen molar-refractivity contribution in [1.82, 2.24) is 5.32 Å². The molecule has 2 aromatic rings. The van der Waals surface area contributed by atoms with E-state index in [1.165, 1.54) is 16.7 Å². The lowest BCUT2D eigenvalue weighted by atomic mass is 10.0. The monoisotopic (exact) mass is 237 g/mol. The van der Waals surface area contributed by atoms with Crippen molar-refractivity contribution in [3.05, 3.63) is 72.8 Å². The van der Waals surface area contributed by atoms with Crippen LogP contribution >= 0.6 is 0 Å². The van der Waals surface area contributed by atoms with E-state index in [9.17, 15) is 0 Å². The Morgan fingerprint density at radius 3 is 2.22 bits per heavy atom. The highest BCUT2D eigenvalue weighted by molar-refractivity contribution is 5.63. The van der Waals surface area contributed by atoms with Gasteiger partial charge in [0.2, 0.25) is 0 Å². The zero-order valence-electron chi connectivity index (χ0n) is 10.8. The highest BCUT2D eigenvalue weighted by Gasteiger charge is 2.03. The number of benzene rings is 2. The SMILES string of the molecule is C=CCNC(C)c1ccc(-c2ccccc2)cc1. The fourth-order valence-electron chi connectivity index (χ4n) is 1.97. The molecule has 0 radical (unpaired) electrons. The Hall–Kier alpha value is -1.86. The molecule has 1 atom stereocenters. The molecule has 92 valence electrons. The Morgan fingerprint density at radius 1 is 1.00 bits per heavy atom. The van der Waals surface area contributed by atoms with E-state index in [0.717, 1.165) is 6.54 Å². The normalized spacial score (nSPS) is 12.1. The standard InChI is InChI=1S/C17H19N/c1-3-13-18-14(2)15-9-11-17(12-10-15)16-7-5-4-6-8-16/h3-12,14,18H,1,13H2,2H3. The molecule has 2 rings (SSSR count). The van der Waals surface area contributed by atoms with E-state index in [2.05, 4.69) is 67.4 Å². The summed E-state index contributed by atoms with van der Waals surface area (Å²) < 4.78 is 0. The molecule has 0 bridgehead atoms. The fraction of sp³-hybridized carbons (Fsp3) is 0.176. The Labute approximate surface area is 109 Å². The predicted molar refractivity (Wildman–Crippen MR) is 78.5 cm³/mol. The molecule has 0 aliphatic carbocycles. The topological polar surface area (TPSA) is 12.0 Å². The molecule has 0 heterocycles. The first-order chi connectivity index (χ1) is 8.81. The summed E-state index contributed by atoms with van der Waals surface area (Å²) in [4.78, 5) is 0. The van der Waals surface area contributed by atoms with Crippen molar-refractivity contribution in [2.45, 2.75) is 13.0 Å². The van der Waals surface area contributed by atoms with Gasteiger partial charge in [0.05, 0.1) is 0 Å². The number of rotatable bonds is 5. The van der Waals surface area contributed by atoms with Crippen LogP contribution in [0.5, 0.6) is 0 Å². The summed E-state index contributed by atoms with van der Waals surface area (Å²) in [5.74, 6) is 0. The molecule has 0 aromatic heterocycles. The van der Waals surface area contributed by atoms with Gasteiger partial charge in [-0.05, 0) is 23.6 Å². The Kier molecular flexibility index (Phi) is 4.32. The third-order valence-corrected chi connectivity index (χ3v) is 3.09. The Bertz CT molecular complexity index is 485. The average molecular weight is 237 g/mol. The first-order valence-corrected chi connectivity index (χ1v) is 6.31. The minimum absolute atomic E-state index is 0.354. The second kappa shape index (κ2) is 6.18. The van der Waals surface area contributed by atoms with Gasteiger partial charge in [-0.25, -0.2) is 0 Å². The van der Waals surface area contributed by atoms with Crippen molar-refractivity contribution < 1.29 is 0 Å². The molecule has 0 fully saturated rings. The van der Waals surface area contributed by atoms with Crippen LogP contribution in [-0.4, -0.2) is 6.54 Å². The van der Waals surface area contributed by atoms with Gasteiger partial charge >= 0.3 is 0 Å². The van der Waals surface area contributed by atoms with Gasteiger partial charge in [-0.2, -0.15) is 0 Å². The molecule has 1 nitrogen and oxygen atoms in total. The second-order valence-corrected chi connectivity index (χ2v) is 4.41. The summed E-state index contributed by atoms with van der Waals surface area (Å²) in [6.45, 7) is 6.72. The van der Waals surface area contributed by atoms with E-state index in [4.69, 9.17) is 0 Å². The smallest absolute Gasteiger partial charge is 0.0294 e. The van der Waals surface area contributed by atoms with Crippen LogP contribution in [-0.2, 0) is 0 Å². The lowest BCUT2D eigenvalue weighted by Crippen LogP contribution is -2.18. The van der Waals surface area contributed by atoms with Gasteiger partial charge in [-0.1, -0.05) is 60.7 Å². The van der Waals surface area contributed by atoms with Gasteiger partial charge in [0.25, 0.3) is 0 Å². The molecule has 0 aliphatic rings. The second-order valence-electron chi connectivity index (χ2n) is 4.41. The first kappa shape index (κ1) is 12.6. The van der Waals surface area contributed by atoms with Crippen molar-refractivity contribution in [1.29, 1.82) is 0 Å². The van der Waals surface area contributed by atoms with Crippen LogP contribution in [0.25, 0.3) is 11.1 Å². The largest absolute Gasteiger partial charge is 0.307 e. The van der Waals surface area contributed by atoms with Crippen molar-refractivity contribution in [2.75, 3.05) is 6.54 Å². The Morgan fingerprint density at radius 2 is 1.61 bits per heavy atom. The zero-order valence-corrected chi connectivity index (χ0v) is 10.8. The van der Waals surface area contributed by atoms with Crippen molar-refractivity contribution in [3.8, 4) is 11.1 Å². The first-order valence-electron chi connectivity index (χ1n) is 6.31. The van der Waals surface area contributed by atoms with Gasteiger partial charge in [0.15, 0.2) is 0 Å². The lowest BCUT2D eigenvalue weighted by molar-refractivity contribution is 0.618. The van der Waals surface area contributed by atoms with Gasteiger partial charge in [0.1, 0.15) is 0 Å². The fourth-order valence-corrected chi connectivity index (χ4v) is 1.97. The third kappa shape index (κ3) is 3.08. The van der Waals surface area contributed by atoms with E-state index in [1.54, 1.807) is 0 Å². The van der Waals surface area contributed by atoms with E-state index in [-0.39, 0.29) is 0 Å². The van der Waals surface area contributed by atoms with Crippen LogP contribution < -0.4 is 5.32 Å². The van der Waals surface area contributed by atoms with E-state index < -0.39 is 0 Å². The molecular formula is C17H19N. The predicted octanol–water partition coefficient (Wildman–Crippen LogP) is 4.19. The molecule has 0 amide bonds.